The van der Waals surface area contributed by atoms with Gasteiger partial charge in [-0.15, -0.1) is 0 Å². The number of aromatic hydroxyl groups is 1. The normalized spacial score (nSPS) is 12.5. The number of nitrogens with zero attached hydrogens (tertiary/aromatic N) is 2. The summed E-state index contributed by atoms with van der Waals surface area (Å²) in [6.07, 6.45) is 1.25. The zero-order valence-electron chi connectivity index (χ0n) is 15.0. The van der Waals surface area contributed by atoms with Crippen LogP contribution in [0.3, 0.4) is 0 Å². The first kappa shape index (κ1) is 21.9. The molecule has 0 bridgehead atoms. The number of phenols is 1. The maximum atomic E-state index is 12.5. The van der Waals surface area contributed by atoms with Gasteiger partial charge >= 0.3 is 11.7 Å². The van der Waals surface area contributed by atoms with Crippen molar-refractivity contribution in [2.24, 2.45) is 5.73 Å². The number of carboxylic acids is 1. The summed E-state index contributed by atoms with van der Waals surface area (Å²) in [6.45, 7) is 1.63. The van der Waals surface area contributed by atoms with Crippen molar-refractivity contribution in [3.63, 3.8) is 0 Å². The minimum atomic E-state index is -1.19. The molecule has 6 N–H and O–H groups in total. The second-order valence-corrected chi connectivity index (χ2v) is 6.05. The zero-order valence-corrected chi connectivity index (χ0v) is 15.0. The van der Waals surface area contributed by atoms with Crippen molar-refractivity contribution >= 4 is 23.5 Å². The minimum Gasteiger partial charge on any atom is -0.508 e. The van der Waals surface area contributed by atoms with Crippen LogP contribution in [0.15, 0.2) is 18.2 Å². The molecule has 0 radical (unpaired) electrons. The third kappa shape index (κ3) is 7.29. The van der Waals surface area contributed by atoms with Crippen LogP contribution >= 0.6 is 0 Å². The van der Waals surface area contributed by atoms with Crippen molar-refractivity contribution in [3.05, 3.63) is 28.7 Å². The van der Waals surface area contributed by atoms with Gasteiger partial charge in [0.05, 0.1) is 5.56 Å². The Kier molecular flexibility index (Phi) is 8.68. The molecule has 0 saturated carbocycles. The molecule has 0 spiro atoms. The highest BCUT2D eigenvalue weighted by Crippen LogP contribution is 2.25. The highest BCUT2D eigenvalue weighted by atomic mass is 16.4. The first-order valence-corrected chi connectivity index (χ1v) is 8.45. The molecule has 2 amide bonds. The predicted molar refractivity (Wildman–Crippen MR) is 96.6 cm³/mol. The number of unbranched alkanes of at least 4 members (excludes halogenated alkanes) is 1. The van der Waals surface area contributed by atoms with E-state index >= 15 is 0 Å². The second kappa shape index (κ2) is 10.7. The largest absolute Gasteiger partial charge is 0.508 e. The molecular formula is C17H24N5O5+. The van der Waals surface area contributed by atoms with Gasteiger partial charge in [-0.2, -0.15) is 0 Å². The lowest BCUT2D eigenvalue weighted by Gasteiger charge is -2.20. The molecule has 0 fully saturated rings. The summed E-state index contributed by atoms with van der Waals surface area (Å²) in [5.41, 5.74) is 5.81. The molecule has 0 aliphatic rings. The van der Waals surface area contributed by atoms with E-state index in [1.54, 1.807) is 0 Å². The smallest absolute Gasteiger partial charge is 0.388 e. The van der Waals surface area contributed by atoms with Gasteiger partial charge in [-0.25, -0.2) is 4.79 Å². The van der Waals surface area contributed by atoms with Gasteiger partial charge in [0.25, 0.3) is 0 Å². The summed E-state index contributed by atoms with van der Waals surface area (Å²) in [4.78, 5) is 38.4. The Bertz CT molecular complexity index is 731. The molecule has 146 valence electrons. The fraction of sp³-hybridized carbons (Fsp3) is 0.471. The number of aliphatic carboxylic acids is 1. The summed E-state index contributed by atoms with van der Waals surface area (Å²) in [5, 5.41) is 32.8. The number of carboxylic acid groups (broad SMARTS) is 1. The number of carbonyl (C=O) groups excluding carboxylic acids is 2. The second-order valence-electron chi connectivity index (χ2n) is 6.05. The Balaban J connectivity index is 2.96. The third-order valence-electron chi connectivity index (χ3n) is 3.85. The van der Waals surface area contributed by atoms with Crippen LogP contribution in [0.5, 0.6) is 5.75 Å². The van der Waals surface area contributed by atoms with Crippen molar-refractivity contribution in [2.45, 2.75) is 44.7 Å². The topological polar surface area (TPSA) is 170 Å². The molecule has 10 heteroatoms. The Labute approximate surface area is 156 Å². The van der Waals surface area contributed by atoms with Crippen molar-refractivity contribution in [3.8, 4) is 5.75 Å². The van der Waals surface area contributed by atoms with Crippen LogP contribution in [0.25, 0.3) is 4.98 Å². The van der Waals surface area contributed by atoms with Gasteiger partial charge in [-0.1, -0.05) is 0 Å². The summed E-state index contributed by atoms with van der Waals surface area (Å²) < 4.78 is 0. The number of nitrogens with two attached hydrogens (primary N) is 1. The Morgan fingerprint density at radius 2 is 1.93 bits per heavy atom. The number of carbonyl (C=O) groups is 3. The molecule has 2 atom stereocenters. The molecule has 0 unspecified atom stereocenters. The predicted octanol–water partition coefficient (Wildman–Crippen LogP) is 0.622. The maximum Gasteiger partial charge on any atom is 0.388 e. The fourth-order valence-electron chi connectivity index (χ4n) is 2.53. The molecule has 1 rings (SSSR count). The average Bonchev–Trinajstić information content (AvgIpc) is 2.60. The van der Waals surface area contributed by atoms with Gasteiger partial charge in [0.1, 0.15) is 17.8 Å². The number of hydrogen-bond acceptors (Lipinski definition) is 6. The van der Waals surface area contributed by atoms with E-state index in [1.165, 1.54) is 25.1 Å². The highest BCUT2D eigenvalue weighted by molar-refractivity contribution is 5.90. The van der Waals surface area contributed by atoms with Crippen LogP contribution in [-0.2, 0) is 20.8 Å². The van der Waals surface area contributed by atoms with Crippen molar-refractivity contribution in [2.75, 3.05) is 6.54 Å². The van der Waals surface area contributed by atoms with E-state index in [1.807, 2.05) is 0 Å². The van der Waals surface area contributed by atoms with E-state index in [9.17, 15) is 24.6 Å². The van der Waals surface area contributed by atoms with Crippen molar-refractivity contribution in [1.82, 2.24) is 10.6 Å². The average molecular weight is 378 g/mol. The molecule has 0 saturated heterocycles. The van der Waals surface area contributed by atoms with Crippen molar-refractivity contribution in [1.29, 1.82) is 5.39 Å². The molecule has 27 heavy (non-hydrogen) atoms. The lowest BCUT2D eigenvalue weighted by Crippen LogP contribution is -2.52. The Hall–Kier alpha value is -3.19. The quantitative estimate of drug-likeness (QED) is 0.293. The molecule has 0 aliphatic carbocycles. The fourth-order valence-corrected chi connectivity index (χ4v) is 2.53. The van der Waals surface area contributed by atoms with Crippen LogP contribution in [0.2, 0.25) is 0 Å². The van der Waals surface area contributed by atoms with Crippen LogP contribution in [-0.4, -0.2) is 46.6 Å². The van der Waals surface area contributed by atoms with Gasteiger partial charge < -0.3 is 26.6 Å². The number of hydrogen-bond donors (Lipinski definition) is 5. The third-order valence-corrected chi connectivity index (χ3v) is 3.85. The van der Waals surface area contributed by atoms with Gasteiger partial charge in [0.15, 0.2) is 4.98 Å². The number of phenolic OH excluding ortho intramolecular Hbond substituents is 1. The highest BCUT2D eigenvalue weighted by Gasteiger charge is 2.28. The minimum absolute atomic E-state index is 0.103. The van der Waals surface area contributed by atoms with Gasteiger partial charge in [-0.3, -0.25) is 9.59 Å². The van der Waals surface area contributed by atoms with Crippen LogP contribution in [0.4, 0.5) is 5.69 Å². The number of diazo groups is 1. The molecule has 1 aromatic rings. The molecule has 0 heterocycles. The number of benzene rings is 1. The van der Waals surface area contributed by atoms with E-state index in [-0.39, 0.29) is 24.3 Å². The van der Waals surface area contributed by atoms with E-state index in [4.69, 9.17) is 11.1 Å². The van der Waals surface area contributed by atoms with Gasteiger partial charge in [-0.05, 0) is 37.9 Å². The number of rotatable bonds is 10. The monoisotopic (exact) mass is 378 g/mol. The summed E-state index contributed by atoms with van der Waals surface area (Å²) in [6, 6.07) is 1.73. The standard InChI is InChI=1S/C17H23N5O5/c1-10(23)20-15(9-11-8-12(24)5-6-13(11)22-19)16(25)21-14(17(26)27)4-2-3-7-18/h5-6,8,14-15H,2-4,7,9,18H2,1H3,(H3-,20,21,23,24,25,26,27)/p+1/t14-,15-/m0/s1. The summed E-state index contributed by atoms with van der Waals surface area (Å²) in [5.74, 6) is -2.49. The van der Waals surface area contributed by atoms with E-state index in [0.717, 1.165) is 0 Å². The summed E-state index contributed by atoms with van der Waals surface area (Å²) >= 11 is 0. The van der Waals surface area contributed by atoms with E-state index in [0.29, 0.717) is 24.9 Å². The van der Waals surface area contributed by atoms with E-state index in [2.05, 4.69) is 15.6 Å². The van der Waals surface area contributed by atoms with Crippen LogP contribution < -0.4 is 16.4 Å². The SMILES string of the molecule is CC(=O)N[C@@H](Cc1cc(O)ccc1[N+]#N)C(=O)N[C@@H](CCCCN)C(=O)O. The van der Waals surface area contributed by atoms with Gasteiger partial charge in [0, 0.05) is 19.4 Å². The van der Waals surface area contributed by atoms with Crippen LogP contribution in [0.1, 0.15) is 31.7 Å². The summed E-state index contributed by atoms with van der Waals surface area (Å²) in [7, 11) is 0. The Morgan fingerprint density at radius 3 is 2.48 bits per heavy atom. The maximum absolute atomic E-state index is 12.5. The number of nitrogens with one attached hydrogen (secondary N) is 2. The zero-order chi connectivity index (χ0) is 20.4. The molecular weight excluding hydrogens is 354 g/mol. The molecule has 10 nitrogen and oxygen atoms in total. The lowest BCUT2D eigenvalue weighted by molar-refractivity contribution is -0.142. The lowest BCUT2D eigenvalue weighted by atomic mass is 10.0. The molecule has 0 aliphatic heterocycles. The van der Waals surface area contributed by atoms with E-state index < -0.39 is 29.9 Å². The van der Waals surface area contributed by atoms with Gasteiger partial charge in [0.2, 0.25) is 17.2 Å². The first-order valence-electron chi connectivity index (χ1n) is 8.45. The molecule has 0 aromatic heterocycles. The Morgan fingerprint density at radius 1 is 1.22 bits per heavy atom. The molecule has 1 aromatic carbocycles. The first-order chi connectivity index (χ1) is 12.8. The van der Waals surface area contributed by atoms with Crippen LogP contribution in [0, 0.1) is 5.39 Å². The number of amides is 2. The van der Waals surface area contributed by atoms with Crippen molar-refractivity contribution < 1.29 is 24.6 Å².